The summed E-state index contributed by atoms with van der Waals surface area (Å²) in [6.07, 6.45) is -11.4. The van der Waals surface area contributed by atoms with Gasteiger partial charge in [-0.05, 0) is 30.8 Å². The zero-order valence-corrected chi connectivity index (χ0v) is 26.0. The van der Waals surface area contributed by atoms with Gasteiger partial charge in [0, 0.05) is 51.0 Å². The molecule has 5 unspecified atom stereocenters. The Morgan fingerprint density at radius 2 is 1.44 bits per heavy atom. The second kappa shape index (κ2) is 16.8. The van der Waals surface area contributed by atoms with Crippen molar-refractivity contribution in [1.82, 2.24) is 4.90 Å². The maximum atomic E-state index is 12.5. The molecule has 0 spiro atoms. The van der Waals surface area contributed by atoms with E-state index in [1.54, 1.807) is 0 Å². The van der Waals surface area contributed by atoms with E-state index in [1.807, 2.05) is 6.92 Å². The van der Waals surface area contributed by atoms with E-state index in [2.05, 4.69) is 20.1 Å². The van der Waals surface area contributed by atoms with Gasteiger partial charge in [-0.25, -0.2) is 0 Å². The fourth-order valence-electron chi connectivity index (χ4n) is 5.61. The molecule has 2 aliphatic rings. The number of hydrogen-bond donors (Lipinski definition) is 1. The van der Waals surface area contributed by atoms with Gasteiger partial charge in [0.25, 0.3) is 0 Å². The van der Waals surface area contributed by atoms with Crippen LogP contribution in [0.5, 0.6) is 0 Å². The van der Waals surface area contributed by atoms with Crippen LogP contribution in [-0.4, -0.2) is 113 Å². The lowest BCUT2D eigenvalue weighted by molar-refractivity contribution is -0.306. The minimum atomic E-state index is -1.74. The number of esters is 4. The van der Waals surface area contributed by atoms with Crippen molar-refractivity contribution in [3.05, 3.63) is 20.9 Å². The molecule has 1 saturated heterocycles. The second-order valence-corrected chi connectivity index (χ2v) is 10.6. The number of ether oxygens (including phenoxy) is 6. The molecular weight excluding hydrogens is 602 g/mol. The Kier molecular flexibility index (Phi) is 13.8. The summed E-state index contributed by atoms with van der Waals surface area (Å²) in [6, 6.07) is -3.68. The summed E-state index contributed by atoms with van der Waals surface area (Å²) in [5, 5.41) is 19.0. The van der Waals surface area contributed by atoms with Crippen LogP contribution in [0.2, 0.25) is 0 Å². The first-order valence-electron chi connectivity index (χ1n) is 14.2. The van der Waals surface area contributed by atoms with E-state index in [4.69, 9.17) is 28.4 Å². The van der Waals surface area contributed by atoms with Crippen LogP contribution < -0.4 is 0 Å². The molecule has 250 valence electrons. The van der Waals surface area contributed by atoms with E-state index in [1.165, 1.54) is 18.7 Å². The highest BCUT2D eigenvalue weighted by Crippen LogP contribution is 2.37. The summed E-state index contributed by atoms with van der Waals surface area (Å²) >= 11 is 0. The van der Waals surface area contributed by atoms with Crippen molar-refractivity contribution in [3.63, 3.8) is 0 Å². The number of carbonyl (C=O) groups excluding carboxylic acids is 5. The Balaban J connectivity index is 2.66. The van der Waals surface area contributed by atoms with Gasteiger partial charge in [-0.15, -0.1) is 0 Å². The molecule has 45 heavy (non-hydrogen) atoms. The Hall–Kier alpha value is -4.15. The third-order valence-corrected chi connectivity index (χ3v) is 7.14. The number of amides is 1. The van der Waals surface area contributed by atoms with Crippen LogP contribution in [0, 0.1) is 0 Å². The lowest BCUT2D eigenvalue weighted by Gasteiger charge is -2.49. The Bertz CT molecular complexity index is 1210. The third kappa shape index (κ3) is 9.67. The minimum absolute atomic E-state index is 0.126. The molecule has 0 aromatic heterocycles. The molecular formula is C26H39N7O12. The van der Waals surface area contributed by atoms with Gasteiger partial charge in [0.15, 0.2) is 24.6 Å². The van der Waals surface area contributed by atoms with Crippen molar-refractivity contribution in [2.24, 2.45) is 10.2 Å². The van der Waals surface area contributed by atoms with Crippen molar-refractivity contribution < 1.29 is 57.5 Å². The van der Waals surface area contributed by atoms with Crippen molar-refractivity contribution in [2.45, 2.75) is 128 Å². The molecule has 1 aliphatic carbocycles. The van der Waals surface area contributed by atoms with E-state index >= 15 is 0 Å². The van der Waals surface area contributed by atoms with E-state index in [-0.39, 0.29) is 18.9 Å². The lowest BCUT2D eigenvalue weighted by atomic mass is 9.82. The number of azide groups is 2. The molecule has 11 atom stereocenters. The van der Waals surface area contributed by atoms with Crippen LogP contribution in [0.1, 0.15) is 61.3 Å². The molecule has 2 rings (SSSR count). The van der Waals surface area contributed by atoms with Gasteiger partial charge >= 0.3 is 23.9 Å². The quantitative estimate of drug-likeness (QED) is 0.105. The summed E-state index contributed by atoms with van der Waals surface area (Å²) < 4.78 is 33.6. The van der Waals surface area contributed by atoms with Crippen molar-refractivity contribution in [1.29, 1.82) is 0 Å². The number of hydrogen-bond acceptors (Lipinski definition) is 14. The SMILES string of the molecule is CCCN(C(C)=O)[C@@H]1CC(N=[N+]=[N-])[C@@H](O[C@H]2OC([C@@H](C)OC(C)=O)[C@@H](OC(C)=O)C(OC(C)=O)C2N=[N+]=[N-])C(O)[C@@H]1OC(C)=O. The van der Waals surface area contributed by atoms with Crippen molar-refractivity contribution in [3.8, 4) is 0 Å². The molecule has 19 heteroatoms. The Morgan fingerprint density at radius 3 is 1.93 bits per heavy atom. The monoisotopic (exact) mass is 641 g/mol. The van der Waals surface area contributed by atoms with Gasteiger partial charge in [-0.2, -0.15) is 0 Å². The number of rotatable bonds is 12. The summed E-state index contributed by atoms with van der Waals surface area (Å²) in [5.41, 5.74) is 18.8. The largest absolute Gasteiger partial charge is 0.460 e. The number of aliphatic hydroxyl groups excluding tert-OH is 1. The predicted molar refractivity (Wildman–Crippen MR) is 149 cm³/mol. The van der Waals surface area contributed by atoms with Gasteiger partial charge in [0.2, 0.25) is 5.91 Å². The number of aliphatic hydroxyl groups is 1. The first-order chi connectivity index (χ1) is 21.2. The molecule has 1 saturated carbocycles. The topological polar surface area (TPSA) is 262 Å². The van der Waals surface area contributed by atoms with E-state index in [0.717, 1.165) is 27.7 Å². The highest BCUT2D eigenvalue weighted by Gasteiger charge is 2.56. The standard InChI is InChI=1S/C26H39N7O12/c1-8-9-33(12(3)34)18-10-17(29-31-27)22(20(39)23(18)41-14(5)36)45-26-19(30-32-28)24(42-15(6)37)25(43-16(7)38)21(44-26)11(2)40-13(4)35/h11,17-26,39H,8-10H2,1-7H3/t11-,17?,18-,19?,20?,21?,22-,23-,24?,25-,26-/m1/s1. The Morgan fingerprint density at radius 1 is 0.889 bits per heavy atom. The van der Waals surface area contributed by atoms with E-state index in [0.29, 0.717) is 6.42 Å². The van der Waals surface area contributed by atoms with Gasteiger partial charge < -0.3 is 38.4 Å². The first kappa shape index (κ1) is 37.0. The maximum Gasteiger partial charge on any atom is 0.303 e. The van der Waals surface area contributed by atoms with Gasteiger partial charge in [-0.3, -0.25) is 24.0 Å². The van der Waals surface area contributed by atoms with Crippen molar-refractivity contribution >= 4 is 29.8 Å². The zero-order chi connectivity index (χ0) is 34.0. The summed E-state index contributed by atoms with van der Waals surface area (Å²) in [4.78, 5) is 67.7. The Labute approximate surface area is 258 Å². The normalized spacial score (nSPS) is 31.6. The molecule has 1 aliphatic heterocycles. The van der Waals surface area contributed by atoms with Crippen molar-refractivity contribution in [2.75, 3.05) is 6.54 Å². The average molecular weight is 642 g/mol. The van der Waals surface area contributed by atoms with Gasteiger partial charge in [-0.1, -0.05) is 17.2 Å². The van der Waals surface area contributed by atoms with Crippen LogP contribution in [0.3, 0.4) is 0 Å². The van der Waals surface area contributed by atoms with Gasteiger partial charge in [0.1, 0.15) is 24.4 Å². The first-order valence-corrected chi connectivity index (χ1v) is 14.2. The van der Waals surface area contributed by atoms with Crippen LogP contribution in [0.4, 0.5) is 0 Å². The van der Waals surface area contributed by atoms with E-state index in [9.17, 15) is 40.1 Å². The zero-order valence-electron chi connectivity index (χ0n) is 26.0. The number of carbonyl (C=O) groups is 5. The minimum Gasteiger partial charge on any atom is -0.460 e. The van der Waals surface area contributed by atoms with Crippen LogP contribution in [0.15, 0.2) is 10.2 Å². The molecule has 0 radical (unpaired) electrons. The summed E-state index contributed by atoms with van der Waals surface area (Å²) in [7, 11) is 0. The highest BCUT2D eigenvalue weighted by molar-refractivity contribution is 5.74. The van der Waals surface area contributed by atoms with Crippen LogP contribution in [0.25, 0.3) is 20.9 Å². The fraction of sp³-hybridized carbons (Fsp3) is 0.808. The maximum absolute atomic E-state index is 12.5. The molecule has 1 amide bonds. The highest BCUT2D eigenvalue weighted by atomic mass is 16.7. The van der Waals surface area contributed by atoms with Gasteiger partial charge in [0.05, 0.1) is 18.2 Å². The summed E-state index contributed by atoms with van der Waals surface area (Å²) in [5.74, 6) is -3.58. The molecule has 0 aromatic rings. The van der Waals surface area contributed by atoms with E-state index < -0.39 is 91.0 Å². The second-order valence-electron chi connectivity index (χ2n) is 10.6. The molecule has 2 fully saturated rings. The molecule has 19 nitrogen and oxygen atoms in total. The molecule has 1 heterocycles. The van der Waals surface area contributed by atoms with Crippen LogP contribution in [-0.2, 0) is 52.4 Å². The third-order valence-electron chi connectivity index (χ3n) is 7.14. The lowest BCUT2D eigenvalue weighted by Crippen LogP contribution is -2.66. The molecule has 0 aromatic carbocycles. The predicted octanol–water partition coefficient (Wildman–Crippen LogP) is 1.59. The molecule has 0 bridgehead atoms. The summed E-state index contributed by atoms with van der Waals surface area (Å²) in [6.45, 7) is 9.12. The number of nitrogens with zero attached hydrogens (tertiary/aromatic N) is 7. The van der Waals surface area contributed by atoms with Crippen LogP contribution >= 0.6 is 0 Å². The smallest absolute Gasteiger partial charge is 0.303 e. The average Bonchev–Trinajstić information content (AvgIpc) is 2.92. The molecule has 1 N–H and O–H groups in total. The fourth-order valence-corrected chi connectivity index (χ4v) is 5.61.